The molecule has 1 saturated heterocycles. The molecule has 0 saturated carbocycles. The topological polar surface area (TPSA) is 111 Å². The van der Waals surface area contributed by atoms with Gasteiger partial charge in [-0.05, 0) is 47.2 Å². The van der Waals surface area contributed by atoms with Crippen molar-refractivity contribution >= 4 is 23.9 Å². The molecule has 3 amide bonds. The highest BCUT2D eigenvalue weighted by Gasteiger charge is 2.41. The van der Waals surface area contributed by atoms with E-state index >= 15 is 0 Å². The van der Waals surface area contributed by atoms with Gasteiger partial charge in [-0.1, -0.05) is 65.7 Å². The van der Waals surface area contributed by atoms with Gasteiger partial charge in [-0.25, -0.2) is 9.59 Å². The molecule has 2 heterocycles. The van der Waals surface area contributed by atoms with Crippen LogP contribution in [0.3, 0.4) is 0 Å². The molecule has 38 heavy (non-hydrogen) atoms. The molecule has 9 heteroatoms. The summed E-state index contributed by atoms with van der Waals surface area (Å²) in [5.41, 5.74) is 4.91. The molecule has 0 spiro atoms. The maximum atomic E-state index is 12.6. The summed E-state index contributed by atoms with van der Waals surface area (Å²) in [5, 5.41) is 3.17. The second-order valence-electron chi connectivity index (χ2n) is 9.39. The van der Waals surface area contributed by atoms with Crippen molar-refractivity contribution in [1.82, 2.24) is 10.4 Å². The Labute approximate surface area is 218 Å². The molecule has 9 nitrogen and oxygen atoms in total. The van der Waals surface area contributed by atoms with Crippen LogP contribution in [0.1, 0.15) is 50.6 Å². The van der Waals surface area contributed by atoms with Crippen LogP contribution in [-0.4, -0.2) is 54.3 Å². The SMILES string of the molecule is O=C(NC[C@H]1CC[C@@H](C(=O)ON2C(=O)c3ccccc3C2=O)O1)OCC1c2ccccc2-c2ccccc21. The van der Waals surface area contributed by atoms with Crippen molar-refractivity contribution in [2.75, 3.05) is 13.2 Å². The van der Waals surface area contributed by atoms with E-state index in [9.17, 15) is 19.2 Å². The molecule has 1 N–H and O–H groups in total. The van der Waals surface area contributed by atoms with Crippen molar-refractivity contribution in [2.45, 2.75) is 31.0 Å². The molecule has 2 atom stereocenters. The zero-order valence-electron chi connectivity index (χ0n) is 20.3. The lowest BCUT2D eigenvalue weighted by Crippen LogP contribution is -2.38. The zero-order chi connectivity index (χ0) is 26.2. The third-order valence-corrected chi connectivity index (χ3v) is 7.13. The van der Waals surface area contributed by atoms with Gasteiger partial charge >= 0.3 is 12.1 Å². The summed E-state index contributed by atoms with van der Waals surface area (Å²) in [6.07, 6.45) is -1.14. The highest BCUT2D eigenvalue weighted by Crippen LogP contribution is 2.44. The predicted molar refractivity (Wildman–Crippen MR) is 134 cm³/mol. The lowest BCUT2D eigenvalue weighted by molar-refractivity contribution is -0.180. The van der Waals surface area contributed by atoms with Gasteiger partial charge in [0.2, 0.25) is 0 Å². The van der Waals surface area contributed by atoms with Crippen LogP contribution in [0.5, 0.6) is 0 Å². The molecule has 3 aromatic carbocycles. The van der Waals surface area contributed by atoms with E-state index in [4.69, 9.17) is 14.3 Å². The van der Waals surface area contributed by atoms with Gasteiger partial charge in [-0.2, -0.15) is 0 Å². The Morgan fingerprint density at radius 2 is 1.37 bits per heavy atom. The van der Waals surface area contributed by atoms with Gasteiger partial charge in [-0.15, -0.1) is 0 Å². The third kappa shape index (κ3) is 4.20. The second kappa shape index (κ2) is 9.75. The number of rotatable bonds is 6. The summed E-state index contributed by atoms with van der Waals surface area (Å²) in [6.45, 7) is 0.341. The highest BCUT2D eigenvalue weighted by molar-refractivity contribution is 6.20. The predicted octanol–water partition coefficient (Wildman–Crippen LogP) is 3.83. The van der Waals surface area contributed by atoms with Gasteiger partial charge in [0.15, 0.2) is 6.10 Å². The van der Waals surface area contributed by atoms with Crippen molar-refractivity contribution in [3.8, 4) is 11.1 Å². The minimum Gasteiger partial charge on any atom is -0.449 e. The number of ether oxygens (including phenoxy) is 2. The van der Waals surface area contributed by atoms with Crippen molar-refractivity contribution < 1.29 is 33.5 Å². The number of carbonyl (C=O) groups excluding carboxylic acids is 4. The first-order valence-electron chi connectivity index (χ1n) is 12.4. The van der Waals surface area contributed by atoms with E-state index in [-0.39, 0.29) is 30.2 Å². The second-order valence-corrected chi connectivity index (χ2v) is 9.39. The van der Waals surface area contributed by atoms with Crippen molar-refractivity contribution in [1.29, 1.82) is 0 Å². The molecule has 2 aliphatic heterocycles. The third-order valence-electron chi connectivity index (χ3n) is 7.13. The van der Waals surface area contributed by atoms with Crippen molar-refractivity contribution in [3.63, 3.8) is 0 Å². The first-order valence-corrected chi connectivity index (χ1v) is 12.4. The summed E-state index contributed by atoms with van der Waals surface area (Å²) < 4.78 is 11.2. The van der Waals surface area contributed by atoms with E-state index in [2.05, 4.69) is 29.6 Å². The molecule has 1 aliphatic carbocycles. The molecule has 3 aromatic rings. The standard InChI is InChI=1S/C29H24N2O7/c32-26-22-11-5-6-12-23(22)27(33)31(26)38-28(34)25-14-13-17(37-25)15-30-29(35)36-16-24-20-9-3-1-7-18(20)19-8-2-4-10-21(19)24/h1-12,17,24-25H,13-16H2,(H,30,35)/t17-,25+/m1/s1. The molecular formula is C29H24N2O7. The van der Waals surface area contributed by atoms with Gasteiger partial charge in [0.05, 0.1) is 17.2 Å². The molecule has 0 radical (unpaired) electrons. The van der Waals surface area contributed by atoms with Crippen LogP contribution in [0.2, 0.25) is 0 Å². The largest absolute Gasteiger partial charge is 0.449 e. The van der Waals surface area contributed by atoms with E-state index in [1.165, 1.54) is 12.1 Å². The minimum atomic E-state index is -0.950. The Hall–Kier alpha value is -4.50. The van der Waals surface area contributed by atoms with Crippen LogP contribution in [0, 0.1) is 0 Å². The van der Waals surface area contributed by atoms with E-state index in [0.29, 0.717) is 17.9 Å². The van der Waals surface area contributed by atoms with Crippen molar-refractivity contribution in [2.24, 2.45) is 0 Å². The van der Waals surface area contributed by atoms with E-state index < -0.39 is 36.1 Å². The average molecular weight is 513 g/mol. The number of amides is 3. The Kier molecular flexibility index (Phi) is 6.13. The number of benzene rings is 3. The van der Waals surface area contributed by atoms with Crippen LogP contribution >= 0.6 is 0 Å². The van der Waals surface area contributed by atoms with Crippen LogP contribution in [-0.2, 0) is 19.1 Å². The normalized spacial score (nSPS) is 19.6. The number of carbonyl (C=O) groups is 4. The average Bonchev–Trinajstić information content (AvgIpc) is 3.62. The summed E-state index contributed by atoms with van der Waals surface area (Å²) >= 11 is 0. The molecule has 192 valence electrons. The number of nitrogens with one attached hydrogen (secondary N) is 1. The lowest BCUT2D eigenvalue weighted by atomic mass is 9.98. The molecule has 0 aromatic heterocycles. The summed E-state index contributed by atoms with van der Waals surface area (Å²) in [6, 6.07) is 22.4. The fourth-order valence-corrected chi connectivity index (χ4v) is 5.27. The van der Waals surface area contributed by atoms with E-state index in [0.717, 1.165) is 22.3 Å². The number of alkyl carbamates (subject to hydrolysis) is 1. The van der Waals surface area contributed by atoms with Crippen LogP contribution in [0.4, 0.5) is 4.79 Å². The quantitative estimate of drug-likeness (QED) is 0.500. The van der Waals surface area contributed by atoms with Crippen LogP contribution in [0.15, 0.2) is 72.8 Å². The van der Waals surface area contributed by atoms with Gasteiger partial charge < -0.3 is 19.6 Å². The molecule has 1 fully saturated rings. The van der Waals surface area contributed by atoms with Gasteiger partial charge in [-0.3, -0.25) is 9.59 Å². The number of fused-ring (bicyclic) bond motifs is 4. The van der Waals surface area contributed by atoms with Crippen LogP contribution in [0.25, 0.3) is 11.1 Å². The number of hydroxylamine groups is 2. The maximum Gasteiger partial charge on any atom is 0.407 e. The number of imide groups is 1. The molecule has 0 bridgehead atoms. The molecule has 6 rings (SSSR count). The summed E-state index contributed by atoms with van der Waals surface area (Å²) in [5.74, 6) is -2.25. The van der Waals surface area contributed by atoms with E-state index in [1.54, 1.807) is 12.1 Å². The number of nitrogens with zero attached hydrogens (tertiary/aromatic N) is 1. The fraction of sp³-hybridized carbons (Fsp3) is 0.241. The smallest absolute Gasteiger partial charge is 0.407 e. The minimum absolute atomic E-state index is 0.0443. The maximum absolute atomic E-state index is 12.6. The highest BCUT2D eigenvalue weighted by atomic mass is 16.7. The van der Waals surface area contributed by atoms with Gasteiger partial charge in [0, 0.05) is 12.5 Å². The Morgan fingerprint density at radius 1 is 0.816 bits per heavy atom. The zero-order valence-corrected chi connectivity index (χ0v) is 20.3. The Bertz CT molecular complexity index is 1370. The first-order chi connectivity index (χ1) is 18.5. The Balaban J connectivity index is 0.985. The van der Waals surface area contributed by atoms with Crippen molar-refractivity contribution in [3.05, 3.63) is 95.1 Å². The van der Waals surface area contributed by atoms with E-state index in [1.807, 2.05) is 24.3 Å². The van der Waals surface area contributed by atoms with Gasteiger partial charge in [0.1, 0.15) is 6.61 Å². The Morgan fingerprint density at radius 3 is 1.97 bits per heavy atom. The number of hydrogen-bond acceptors (Lipinski definition) is 7. The van der Waals surface area contributed by atoms with Crippen LogP contribution < -0.4 is 5.32 Å². The molecule has 0 unspecified atom stereocenters. The fourth-order valence-electron chi connectivity index (χ4n) is 5.27. The molecular weight excluding hydrogens is 488 g/mol. The summed E-state index contributed by atoms with van der Waals surface area (Å²) in [4.78, 5) is 54.9. The monoisotopic (exact) mass is 512 g/mol. The number of hydrogen-bond donors (Lipinski definition) is 1. The summed E-state index contributed by atoms with van der Waals surface area (Å²) in [7, 11) is 0. The molecule has 3 aliphatic rings. The van der Waals surface area contributed by atoms with Gasteiger partial charge in [0.25, 0.3) is 11.8 Å². The first kappa shape index (κ1) is 23.9. The lowest BCUT2D eigenvalue weighted by Gasteiger charge is -2.17.